The van der Waals surface area contributed by atoms with Crippen molar-refractivity contribution in [2.75, 3.05) is 13.2 Å². The van der Waals surface area contributed by atoms with Gasteiger partial charge in [0.1, 0.15) is 11.9 Å². The van der Waals surface area contributed by atoms with Crippen LogP contribution in [0.25, 0.3) is 0 Å². The van der Waals surface area contributed by atoms with Crippen molar-refractivity contribution in [2.45, 2.75) is 13.0 Å². The molecule has 0 bridgehead atoms. The first kappa shape index (κ1) is 15.4. The van der Waals surface area contributed by atoms with Crippen LogP contribution in [0.2, 0.25) is 15.1 Å². The average molecular weight is 313 g/mol. The van der Waals surface area contributed by atoms with E-state index in [2.05, 4.69) is 0 Å². The molecule has 0 fully saturated rings. The molecule has 0 aliphatic heterocycles. The first-order chi connectivity index (χ1) is 8.43. The van der Waals surface area contributed by atoms with Crippen LogP contribution in [0, 0.1) is 0 Å². The van der Waals surface area contributed by atoms with Crippen LogP contribution in [0.4, 0.5) is 0 Å². The van der Waals surface area contributed by atoms with Crippen molar-refractivity contribution in [3.8, 4) is 5.75 Å². The van der Waals surface area contributed by atoms with Crippen LogP contribution in [-0.4, -0.2) is 25.2 Å². The number of halogens is 3. The van der Waals surface area contributed by atoms with E-state index in [1.54, 1.807) is 6.92 Å². The summed E-state index contributed by atoms with van der Waals surface area (Å²) in [5, 5.41) is 0.872. The van der Waals surface area contributed by atoms with Crippen molar-refractivity contribution in [2.24, 2.45) is 5.73 Å². The van der Waals surface area contributed by atoms with Gasteiger partial charge in [-0.3, -0.25) is 0 Å². The van der Waals surface area contributed by atoms with Gasteiger partial charge in [-0.05, 0) is 13.0 Å². The molecule has 0 spiro atoms. The molecule has 0 amide bonds. The largest absolute Gasteiger partial charge is 0.480 e. The van der Waals surface area contributed by atoms with Gasteiger partial charge in [0.2, 0.25) is 0 Å². The molecule has 100 valence electrons. The molecule has 4 nitrogen and oxygen atoms in total. The topological polar surface area (TPSA) is 61.5 Å². The Bertz CT molecular complexity index is 440. The summed E-state index contributed by atoms with van der Waals surface area (Å²) in [6.07, 6.45) is -0.356. The molecule has 0 heterocycles. The van der Waals surface area contributed by atoms with Crippen LogP contribution in [0.3, 0.4) is 0 Å². The number of ether oxygens (including phenoxy) is 2. The zero-order valence-electron chi connectivity index (χ0n) is 9.58. The number of carbonyl (C=O) groups is 1. The number of esters is 1. The number of benzene rings is 1. The Kier molecular flexibility index (Phi) is 6.02. The van der Waals surface area contributed by atoms with Crippen molar-refractivity contribution in [3.05, 3.63) is 27.2 Å². The zero-order chi connectivity index (χ0) is 13.7. The fraction of sp³-hybridized carbons (Fsp3) is 0.364. The predicted molar refractivity (Wildman–Crippen MR) is 71.6 cm³/mol. The smallest absolute Gasteiger partial charge is 0.344 e. The predicted octanol–water partition coefficient (Wildman–Crippen LogP) is 2.92. The lowest BCUT2D eigenvalue weighted by molar-refractivity contribution is -0.150. The zero-order valence-corrected chi connectivity index (χ0v) is 11.9. The van der Waals surface area contributed by atoms with E-state index in [1.165, 1.54) is 12.1 Å². The lowest BCUT2D eigenvalue weighted by atomic mass is 10.3. The Morgan fingerprint density at radius 1 is 1.28 bits per heavy atom. The molecule has 18 heavy (non-hydrogen) atoms. The fourth-order valence-electron chi connectivity index (χ4n) is 1.06. The molecule has 0 aromatic heterocycles. The Hall–Kier alpha value is -0.680. The Morgan fingerprint density at radius 2 is 1.89 bits per heavy atom. The van der Waals surface area contributed by atoms with Gasteiger partial charge in [0.25, 0.3) is 0 Å². The molecular formula is C11H12Cl3NO3. The molecule has 0 aliphatic carbocycles. The van der Waals surface area contributed by atoms with E-state index in [4.69, 9.17) is 50.0 Å². The molecule has 0 radical (unpaired) electrons. The lowest BCUT2D eigenvalue weighted by Crippen LogP contribution is -2.26. The number of hydrogen-bond acceptors (Lipinski definition) is 4. The van der Waals surface area contributed by atoms with Crippen LogP contribution < -0.4 is 10.5 Å². The third-order valence-corrected chi connectivity index (χ3v) is 3.00. The monoisotopic (exact) mass is 311 g/mol. The summed E-state index contributed by atoms with van der Waals surface area (Å²) in [5.41, 5.74) is 5.32. The minimum absolute atomic E-state index is 0.249. The molecule has 1 aromatic rings. The van der Waals surface area contributed by atoms with Crippen molar-refractivity contribution < 1.29 is 14.3 Å². The Balaban J connectivity index is 2.58. The molecule has 2 N–H and O–H groups in total. The van der Waals surface area contributed by atoms with Gasteiger partial charge in [-0.15, -0.1) is 0 Å². The van der Waals surface area contributed by atoms with Crippen LogP contribution in [-0.2, 0) is 9.53 Å². The van der Waals surface area contributed by atoms with Crippen molar-refractivity contribution in [1.82, 2.24) is 0 Å². The molecule has 0 saturated carbocycles. The summed E-state index contributed by atoms with van der Waals surface area (Å²) in [6, 6.07) is 2.88. The second kappa shape index (κ2) is 7.04. The lowest BCUT2D eigenvalue weighted by Gasteiger charge is -2.12. The van der Waals surface area contributed by atoms with Gasteiger partial charge in [0, 0.05) is 12.6 Å². The van der Waals surface area contributed by atoms with E-state index in [0.29, 0.717) is 10.0 Å². The maximum Gasteiger partial charge on any atom is 0.344 e. The quantitative estimate of drug-likeness (QED) is 0.671. The van der Waals surface area contributed by atoms with Crippen LogP contribution in [0.15, 0.2) is 12.1 Å². The first-order valence-corrected chi connectivity index (χ1v) is 6.24. The maximum absolute atomic E-state index is 11.3. The third kappa shape index (κ3) is 4.53. The van der Waals surface area contributed by atoms with E-state index in [9.17, 15) is 4.79 Å². The van der Waals surface area contributed by atoms with E-state index in [-0.39, 0.29) is 30.0 Å². The summed E-state index contributed by atoms with van der Waals surface area (Å²) >= 11 is 17.4. The summed E-state index contributed by atoms with van der Waals surface area (Å²) < 4.78 is 10.1. The summed E-state index contributed by atoms with van der Waals surface area (Å²) in [6.45, 7) is 1.66. The first-order valence-electron chi connectivity index (χ1n) is 5.11. The molecular weight excluding hydrogens is 300 g/mol. The highest BCUT2D eigenvalue weighted by atomic mass is 35.5. The van der Waals surface area contributed by atoms with Gasteiger partial charge in [-0.2, -0.15) is 0 Å². The summed E-state index contributed by atoms with van der Waals surface area (Å²) in [7, 11) is 0. The number of carbonyl (C=O) groups excluding carboxylic acids is 1. The highest BCUT2D eigenvalue weighted by Gasteiger charge is 2.12. The van der Waals surface area contributed by atoms with Crippen molar-refractivity contribution >= 4 is 40.8 Å². The second-order valence-electron chi connectivity index (χ2n) is 3.52. The number of rotatable bonds is 5. The molecule has 7 heteroatoms. The summed E-state index contributed by atoms with van der Waals surface area (Å²) in [4.78, 5) is 11.3. The van der Waals surface area contributed by atoms with Gasteiger partial charge in [0.05, 0.1) is 15.1 Å². The average Bonchev–Trinajstić information content (AvgIpc) is 2.32. The van der Waals surface area contributed by atoms with Crippen LogP contribution >= 0.6 is 34.8 Å². The Labute approximate surface area is 120 Å². The van der Waals surface area contributed by atoms with Crippen molar-refractivity contribution in [1.29, 1.82) is 0 Å². The number of nitrogens with two attached hydrogens (primary N) is 1. The molecule has 0 saturated heterocycles. The second-order valence-corrected chi connectivity index (χ2v) is 4.74. The highest BCUT2D eigenvalue weighted by molar-refractivity contribution is 6.43. The minimum Gasteiger partial charge on any atom is -0.480 e. The SMILES string of the molecule is C[C@@H](CN)OC(=O)COc1cc(Cl)c(Cl)cc1Cl. The molecule has 0 unspecified atom stereocenters. The van der Waals surface area contributed by atoms with Gasteiger partial charge in [-0.25, -0.2) is 4.79 Å². The molecule has 1 rings (SSSR count). The third-order valence-electron chi connectivity index (χ3n) is 1.98. The molecule has 1 aromatic carbocycles. The van der Waals surface area contributed by atoms with E-state index in [1.807, 2.05) is 0 Å². The van der Waals surface area contributed by atoms with Crippen LogP contribution in [0.5, 0.6) is 5.75 Å². The van der Waals surface area contributed by atoms with E-state index in [0.717, 1.165) is 0 Å². The van der Waals surface area contributed by atoms with Gasteiger partial charge >= 0.3 is 5.97 Å². The van der Waals surface area contributed by atoms with Gasteiger partial charge < -0.3 is 15.2 Å². The fourth-order valence-corrected chi connectivity index (χ4v) is 1.65. The molecule has 1 atom stereocenters. The minimum atomic E-state index is -0.532. The number of hydrogen-bond donors (Lipinski definition) is 1. The van der Waals surface area contributed by atoms with Gasteiger partial charge in [0.15, 0.2) is 6.61 Å². The van der Waals surface area contributed by atoms with E-state index < -0.39 is 5.97 Å². The van der Waals surface area contributed by atoms with Crippen LogP contribution in [0.1, 0.15) is 6.92 Å². The van der Waals surface area contributed by atoms with E-state index >= 15 is 0 Å². The standard InChI is InChI=1S/C11H12Cl3NO3/c1-6(4-15)18-11(16)5-17-10-3-8(13)7(12)2-9(10)14/h2-3,6H,4-5,15H2,1H3/t6-/m0/s1. The van der Waals surface area contributed by atoms with Gasteiger partial charge in [-0.1, -0.05) is 34.8 Å². The summed E-state index contributed by atoms with van der Waals surface area (Å²) in [5.74, 6) is -0.265. The molecule has 0 aliphatic rings. The highest BCUT2D eigenvalue weighted by Crippen LogP contribution is 2.33. The normalized spacial score (nSPS) is 12.1. The maximum atomic E-state index is 11.3. The Morgan fingerprint density at radius 3 is 2.50 bits per heavy atom. The van der Waals surface area contributed by atoms with Crippen molar-refractivity contribution in [3.63, 3.8) is 0 Å².